The molecular weight excluding hydrogens is 835 g/mol. The third-order valence-electron chi connectivity index (χ3n) is 12.1. The van der Waals surface area contributed by atoms with Gasteiger partial charge in [-0.2, -0.15) is 0 Å². The highest BCUT2D eigenvalue weighted by atomic mass is 35.5. The van der Waals surface area contributed by atoms with Gasteiger partial charge in [-0.15, -0.1) is 0 Å². The Hall–Kier alpha value is -7.40. The molecule has 6 heterocycles. The van der Waals surface area contributed by atoms with E-state index in [9.17, 15) is 9.59 Å². The number of halogens is 2. The number of hydrogen-bond acceptors (Lipinski definition) is 10. The highest BCUT2D eigenvalue weighted by Crippen LogP contribution is 2.46. The lowest BCUT2D eigenvalue weighted by atomic mass is 9.95. The van der Waals surface area contributed by atoms with Gasteiger partial charge < -0.3 is 38.1 Å². The van der Waals surface area contributed by atoms with Crippen LogP contribution in [0, 0.1) is 0 Å². The van der Waals surface area contributed by atoms with Crippen LogP contribution in [0.25, 0.3) is 66.1 Å². The van der Waals surface area contributed by atoms with Crippen LogP contribution >= 0.6 is 23.2 Å². The van der Waals surface area contributed by atoms with E-state index < -0.39 is 11.3 Å². The molecule has 2 N–H and O–H groups in total. The van der Waals surface area contributed by atoms with E-state index in [1.165, 1.54) is 0 Å². The van der Waals surface area contributed by atoms with Crippen molar-refractivity contribution in [2.75, 3.05) is 27.1 Å². The third-order valence-corrected chi connectivity index (χ3v) is 12.5. The van der Waals surface area contributed by atoms with Crippen molar-refractivity contribution in [3.8, 4) is 22.3 Å². The van der Waals surface area contributed by atoms with Gasteiger partial charge in [0.1, 0.15) is 21.9 Å². The van der Waals surface area contributed by atoms with Gasteiger partial charge in [0.25, 0.3) is 0 Å². The summed E-state index contributed by atoms with van der Waals surface area (Å²) in [5, 5.41) is 9.91. The maximum absolute atomic E-state index is 13.8. The Morgan fingerprint density at radius 2 is 0.952 bits per heavy atom. The second-order valence-corrected chi connectivity index (χ2v) is 16.9. The van der Waals surface area contributed by atoms with Gasteiger partial charge in [0.2, 0.25) is 11.8 Å². The fourth-order valence-corrected chi connectivity index (χ4v) is 9.56. The Morgan fingerprint density at radius 3 is 1.40 bits per heavy atom. The fourth-order valence-electron chi connectivity index (χ4n) is 9.22. The van der Waals surface area contributed by atoms with Crippen LogP contribution in [0.2, 0.25) is 10.0 Å². The smallest absolute Gasteiger partial charge is 0.348 e. The predicted octanol–water partition coefficient (Wildman–Crippen LogP) is 12.6. The Labute approximate surface area is 368 Å². The number of anilines is 4. The van der Waals surface area contributed by atoms with Crippen molar-refractivity contribution >= 4 is 90.2 Å². The van der Waals surface area contributed by atoms with Crippen LogP contribution in [0.4, 0.5) is 23.1 Å². The first-order valence-corrected chi connectivity index (χ1v) is 21.3. The Bertz CT molecular complexity index is 3360. The van der Waals surface area contributed by atoms with Crippen LogP contribution in [0.5, 0.6) is 0 Å². The summed E-state index contributed by atoms with van der Waals surface area (Å²) in [7, 11) is 0. The number of rotatable bonds is 8. The molecule has 0 spiro atoms. The van der Waals surface area contributed by atoms with E-state index in [1.54, 1.807) is 36.4 Å². The number of furan rings is 2. The molecule has 2 aliphatic heterocycles. The van der Waals surface area contributed by atoms with E-state index in [0.29, 0.717) is 110 Å². The molecule has 10 nitrogen and oxygen atoms in total. The molecule has 10 aromatic rings. The zero-order chi connectivity index (χ0) is 42.3. The van der Waals surface area contributed by atoms with Gasteiger partial charge in [-0.05, 0) is 94.0 Å². The van der Waals surface area contributed by atoms with Crippen LogP contribution in [-0.4, -0.2) is 6.67 Å². The van der Waals surface area contributed by atoms with Crippen LogP contribution in [0.15, 0.2) is 161 Å². The SMILES string of the molecule is O=c1oc2ccc(Cl)cc2c2oc(NCc3ccccc3)c(-c3ccc4c(c3)CN3CN4Cc4cc(-c5c(NCc6ccccc6)oc6c5c(=O)oc5ccc(Cl)cc56)ccc43)c12. The standard InChI is InChI=1S/C51H34Cl2N4O6/c52-34-13-17-40-36(21-34)46-44(50(58)60-40)42(48(62-46)54-23-28-7-3-1-4-8-28)30-11-15-38-32(19-30)25-56-27-57(38)26-33-20-31(12-16-39(33)56)43-45-47(37-22-35(53)14-18-41(37)61-51(45)59)63-49(43)55-24-29-9-5-2-6-10-29/h1-22,54-55H,23-27H2. The second-order valence-electron chi connectivity index (χ2n) is 16.0. The first-order chi connectivity index (χ1) is 30.8. The zero-order valence-electron chi connectivity index (χ0n) is 33.3. The monoisotopic (exact) mass is 868 g/mol. The molecule has 0 atom stereocenters. The quantitative estimate of drug-likeness (QED) is 0.143. The summed E-state index contributed by atoms with van der Waals surface area (Å²) < 4.78 is 24.8. The number of benzene rings is 6. The van der Waals surface area contributed by atoms with Gasteiger partial charge in [-0.3, -0.25) is 0 Å². The number of nitrogens with one attached hydrogen (secondary N) is 2. The molecule has 12 heteroatoms. The number of fused-ring (bicyclic) bond motifs is 12. The highest BCUT2D eigenvalue weighted by Gasteiger charge is 2.32. The van der Waals surface area contributed by atoms with Crippen LogP contribution in [0.1, 0.15) is 22.3 Å². The summed E-state index contributed by atoms with van der Waals surface area (Å²) in [5.41, 5.74) is 10.1. The van der Waals surface area contributed by atoms with E-state index in [-0.39, 0.29) is 0 Å². The van der Waals surface area contributed by atoms with Crippen molar-refractivity contribution in [2.45, 2.75) is 26.2 Å². The molecule has 0 aliphatic carbocycles. The molecule has 4 aromatic heterocycles. The van der Waals surface area contributed by atoms with Crippen LogP contribution in [0.3, 0.4) is 0 Å². The van der Waals surface area contributed by atoms with Gasteiger partial charge in [-0.25, -0.2) is 9.59 Å². The minimum Gasteiger partial charge on any atom is -0.439 e. The molecule has 0 saturated carbocycles. The molecular formula is C51H34Cl2N4O6. The van der Waals surface area contributed by atoms with Crippen molar-refractivity contribution in [3.63, 3.8) is 0 Å². The lowest BCUT2D eigenvalue weighted by Gasteiger charge is -2.45. The molecule has 12 rings (SSSR count). The average Bonchev–Trinajstić information content (AvgIpc) is 3.89. The minimum atomic E-state index is -0.489. The van der Waals surface area contributed by atoms with Gasteiger partial charge in [0.05, 0.1) is 28.6 Å². The molecule has 308 valence electrons. The van der Waals surface area contributed by atoms with Gasteiger partial charge >= 0.3 is 11.3 Å². The van der Waals surface area contributed by atoms with E-state index in [2.05, 4.69) is 44.7 Å². The highest BCUT2D eigenvalue weighted by molar-refractivity contribution is 6.32. The second kappa shape index (κ2) is 14.6. The van der Waals surface area contributed by atoms with Crippen molar-refractivity contribution in [3.05, 3.63) is 187 Å². The topological polar surface area (TPSA) is 117 Å². The lowest BCUT2D eigenvalue weighted by molar-refractivity contribution is 0.565. The fraction of sp³-hybridized carbons (Fsp3) is 0.0980. The van der Waals surface area contributed by atoms with Crippen molar-refractivity contribution < 1.29 is 17.7 Å². The molecule has 2 aliphatic rings. The summed E-state index contributed by atoms with van der Waals surface area (Å²) >= 11 is 12.9. The molecule has 63 heavy (non-hydrogen) atoms. The Morgan fingerprint density at radius 1 is 0.508 bits per heavy atom. The number of hydrogen-bond donors (Lipinski definition) is 2. The largest absolute Gasteiger partial charge is 0.439 e. The maximum atomic E-state index is 13.8. The average molecular weight is 870 g/mol. The van der Waals surface area contributed by atoms with Gasteiger partial charge in [0, 0.05) is 47.6 Å². The maximum Gasteiger partial charge on any atom is 0.348 e. The van der Waals surface area contributed by atoms with Crippen LogP contribution in [-0.2, 0) is 26.2 Å². The third kappa shape index (κ3) is 6.32. The van der Waals surface area contributed by atoms with E-state index >= 15 is 0 Å². The molecule has 0 radical (unpaired) electrons. The van der Waals surface area contributed by atoms with E-state index in [1.807, 2.05) is 72.8 Å². The number of nitrogens with zero attached hydrogens (tertiary/aromatic N) is 2. The minimum absolute atomic E-state index is 0.351. The molecule has 2 bridgehead atoms. The zero-order valence-corrected chi connectivity index (χ0v) is 34.8. The first kappa shape index (κ1) is 37.4. The normalized spacial score (nSPS) is 13.2. The van der Waals surface area contributed by atoms with Crippen LogP contribution < -0.4 is 31.7 Å². The molecule has 6 aromatic carbocycles. The Balaban J connectivity index is 0.933. The first-order valence-electron chi connectivity index (χ1n) is 20.5. The summed E-state index contributed by atoms with van der Waals surface area (Å²) in [4.78, 5) is 32.3. The molecule has 0 unspecified atom stereocenters. The van der Waals surface area contributed by atoms with E-state index in [0.717, 1.165) is 44.8 Å². The van der Waals surface area contributed by atoms with Crippen molar-refractivity contribution in [1.82, 2.24) is 0 Å². The van der Waals surface area contributed by atoms with Gasteiger partial charge in [0.15, 0.2) is 11.2 Å². The Kier molecular flexibility index (Phi) is 8.67. The molecule has 0 fully saturated rings. The summed E-state index contributed by atoms with van der Waals surface area (Å²) in [6, 6.07) is 42.9. The van der Waals surface area contributed by atoms with Gasteiger partial charge in [-0.1, -0.05) is 96.0 Å². The molecule has 0 amide bonds. The van der Waals surface area contributed by atoms with E-state index in [4.69, 9.17) is 40.9 Å². The summed E-state index contributed by atoms with van der Waals surface area (Å²) in [5.74, 6) is 0.940. The lowest BCUT2D eigenvalue weighted by Crippen LogP contribution is -2.46. The molecule has 0 saturated heterocycles. The summed E-state index contributed by atoms with van der Waals surface area (Å²) in [6.45, 7) is 2.91. The predicted molar refractivity (Wildman–Crippen MR) is 250 cm³/mol. The summed E-state index contributed by atoms with van der Waals surface area (Å²) in [6.07, 6.45) is 0. The van der Waals surface area contributed by atoms with Crippen molar-refractivity contribution in [1.29, 1.82) is 0 Å². The van der Waals surface area contributed by atoms with Crippen molar-refractivity contribution in [2.24, 2.45) is 0 Å².